The maximum absolute atomic E-state index is 12.4. The molecule has 1 aromatic carbocycles. The van der Waals surface area contributed by atoms with Gasteiger partial charge in [0, 0.05) is 13.6 Å². The molecule has 1 atom stereocenters. The predicted molar refractivity (Wildman–Crippen MR) is 87.7 cm³/mol. The quantitative estimate of drug-likeness (QED) is 0.688. The van der Waals surface area contributed by atoms with Crippen molar-refractivity contribution >= 4 is 17.8 Å². The van der Waals surface area contributed by atoms with Crippen molar-refractivity contribution in [2.75, 3.05) is 27.2 Å². The molecule has 0 bridgehead atoms. The molecule has 0 fully saturated rings. The first-order chi connectivity index (χ1) is 11.0. The standard InChI is InChI=1S/C16H24N4O3/c1-4-10-18-13(21)11-20(3)14(12-8-6-5-7-9-12)15(22)19-16(23)17-2/h5-9,14H,4,10-11H2,1-3H3,(H,18,21)(H2,17,19,22,23)/t14-/m0/s1. The number of imide groups is 1. The van der Waals surface area contributed by atoms with Crippen molar-refractivity contribution in [2.45, 2.75) is 19.4 Å². The number of likely N-dealkylation sites (N-methyl/N-ethyl adjacent to an activating group) is 1. The van der Waals surface area contributed by atoms with Crippen molar-refractivity contribution in [3.63, 3.8) is 0 Å². The Morgan fingerprint density at radius 2 is 1.83 bits per heavy atom. The molecular weight excluding hydrogens is 296 g/mol. The van der Waals surface area contributed by atoms with Crippen LogP contribution < -0.4 is 16.0 Å². The van der Waals surface area contributed by atoms with Gasteiger partial charge in [-0.2, -0.15) is 0 Å². The van der Waals surface area contributed by atoms with Crippen molar-refractivity contribution in [1.29, 1.82) is 0 Å². The van der Waals surface area contributed by atoms with E-state index in [1.807, 2.05) is 13.0 Å². The second-order valence-corrected chi connectivity index (χ2v) is 5.15. The number of hydrogen-bond acceptors (Lipinski definition) is 4. The topological polar surface area (TPSA) is 90.5 Å². The SMILES string of the molecule is CCCNC(=O)CN(C)[C@H](C(=O)NC(=O)NC)c1ccccc1. The van der Waals surface area contributed by atoms with E-state index in [0.29, 0.717) is 12.1 Å². The van der Waals surface area contributed by atoms with Crippen LogP contribution >= 0.6 is 0 Å². The highest BCUT2D eigenvalue weighted by Gasteiger charge is 2.27. The third-order valence-electron chi connectivity index (χ3n) is 3.23. The molecule has 0 saturated heterocycles. The molecule has 0 radical (unpaired) electrons. The largest absolute Gasteiger partial charge is 0.355 e. The molecule has 0 aromatic heterocycles. The summed E-state index contributed by atoms with van der Waals surface area (Å²) in [7, 11) is 3.11. The lowest BCUT2D eigenvalue weighted by Gasteiger charge is -2.26. The number of rotatable bonds is 7. The van der Waals surface area contributed by atoms with Crippen LogP contribution in [0, 0.1) is 0 Å². The van der Waals surface area contributed by atoms with Gasteiger partial charge in [0.05, 0.1) is 6.54 Å². The summed E-state index contributed by atoms with van der Waals surface area (Å²) in [6, 6.07) is 7.70. The van der Waals surface area contributed by atoms with Gasteiger partial charge < -0.3 is 10.6 Å². The first-order valence-corrected chi connectivity index (χ1v) is 7.54. The minimum atomic E-state index is -0.735. The first kappa shape index (κ1) is 18.6. The fraction of sp³-hybridized carbons (Fsp3) is 0.438. The number of urea groups is 1. The zero-order chi connectivity index (χ0) is 17.2. The first-order valence-electron chi connectivity index (χ1n) is 7.54. The number of hydrogen-bond donors (Lipinski definition) is 3. The number of amides is 4. The Bertz CT molecular complexity index is 533. The summed E-state index contributed by atoms with van der Waals surface area (Å²) in [5, 5.41) is 7.37. The number of benzene rings is 1. The second-order valence-electron chi connectivity index (χ2n) is 5.15. The van der Waals surface area contributed by atoms with E-state index in [-0.39, 0.29) is 12.5 Å². The number of carbonyl (C=O) groups excluding carboxylic acids is 3. The molecule has 23 heavy (non-hydrogen) atoms. The molecule has 7 nitrogen and oxygen atoms in total. The van der Waals surface area contributed by atoms with Gasteiger partial charge in [-0.15, -0.1) is 0 Å². The molecule has 126 valence electrons. The Morgan fingerprint density at radius 1 is 1.17 bits per heavy atom. The van der Waals surface area contributed by atoms with Crippen LogP contribution in [0.1, 0.15) is 24.9 Å². The predicted octanol–water partition coefficient (Wildman–Crippen LogP) is 0.641. The molecular formula is C16H24N4O3. The average Bonchev–Trinajstić information content (AvgIpc) is 2.53. The van der Waals surface area contributed by atoms with Crippen LogP contribution in [0.3, 0.4) is 0 Å². The smallest absolute Gasteiger partial charge is 0.321 e. The van der Waals surface area contributed by atoms with Gasteiger partial charge in [0.1, 0.15) is 6.04 Å². The van der Waals surface area contributed by atoms with Gasteiger partial charge in [-0.05, 0) is 19.0 Å². The Labute approximate surface area is 136 Å². The van der Waals surface area contributed by atoms with Gasteiger partial charge in [0.15, 0.2) is 0 Å². The van der Waals surface area contributed by atoms with E-state index in [4.69, 9.17) is 0 Å². The molecule has 0 aliphatic heterocycles. The van der Waals surface area contributed by atoms with E-state index < -0.39 is 18.0 Å². The van der Waals surface area contributed by atoms with Crippen LogP contribution in [0.4, 0.5) is 4.79 Å². The molecule has 0 aliphatic rings. The Morgan fingerprint density at radius 3 is 2.39 bits per heavy atom. The van der Waals surface area contributed by atoms with E-state index >= 15 is 0 Å². The fourth-order valence-corrected chi connectivity index (χ4v) is 2.12. The number of nitrogens with one attached hydrogen (secondary N) is 3. The Balaban J connectivity index is 2.88. The summed E-state index contributed by atoms with van der Waals surface area (Å²) in [6.45, 7) is 2.61. The normalized spacial score (nSPS) is 11.7. The van der Waals surface area contributed by atoms with E-state index in [2.05, 4.69) is 16.0 Å². The van der Waals surface area contributed by atoms with Gasteiger partial charge in [-0.3, -0.25) is 19.8 Å². The fourth-order valence-electron chi connectivity index (χ4n) is 2.12. The van der Waals surface area contributed by atoms with Crippen molar-refractivity contribution in [3.05, 3.63) is 35.9 Å². The molecule has 0 spiro atoms. The summed E-state index contributed by atoms with van der Waals surface area (Å²) in [6.07, 6.45) is 0.842. The zero-order valence-electron chi connectivity index (χ0n) is 13.8. The highest BCUT2D eigenvalue weighted by Crippen LogP contribution is 2.19. The molecule has 1 rings (SSSR count). The van der Waals surface area contributed by atoms with Gasteiger partial charge in [-0.1, -0.05) is 37.3 Å². The van der Waals surface area contributed by atoms with Gasteiger partial charge in [-0.25, -0.2) is 4.79 Å². The minimum Gasteiger partial charge on any atom is -0.355 e. The molecule has 0 unspecified atom stereocenters. The van der Waals surface area contributed by atoms with Crippen molar-refractivity contribution in [1.82, 2.24) is 20.9 Å². The maximum Gasteiger partial charge on any atom is 0.321 e. The van der Waals surface area contributed by atoms with E-state index in [1.165, 1.54) is 7.05 Å². The molecule has 0 heterocycles. The molecule has 4 amide bonds. The third-order valence-corrected chi connectivity index (χ3v) is 3.23. The lowest BCUT2D eigenvalue weighted by Crippen LogP contribution is -2.46. The summed E-state index contributed by atoms with van der Waals surface area (Å²) in [5.41, 5.74) is 0.708. The highest BCUT2D eigenvalue weighted by atomic mass is 16.2. The third kappa shape index (κ3) is 6.07. The summed E-state index contributed by atoms with van der Waals surface area (Å²) >= 11 is 0. The average molecular weight is 320 g/mol. The van der Waals surface area contributed by atoms with Crippen LogP contribution in [-0.4, -0.2) is 49.9 Å². The van der Waals surface area contributed by atoms with E-state index in [1.54, 1.807) is 36.2 Å². The summed E-state index contributed by atoms with van der Waals surface area (Å²) < 4.78 is 0. The van der Waals surface area contributed by atoms with Gasteiger partial charge >= 0.3 is 6.03 Å². The van der Waals surface area contributed by atoms with Crippen molar-refractivity contribution < 1.29 is 14.4 Å². The second kappa shape index (κ2) is 9.58. The van der Waals surface area contributed by atoms with Crippen molar-refractivity contribution in [3.8, 4) is 0 Å². The minimum absolute atomic E-state index is 0.0563. The van der Waals surface area contributed by atoms with E-state index in [0.717, 1.165) is 6.42 Å². The van der Waals surface area contributed by atoms with Crippen molar-refractivity contribution in [2.24, 2.45) is 0 Å². The number of carbonyl (C=O) groups is 3. The summed E-state index contributed by atoms with van der Waals surface area (Å²) in [4.78, 5) is 37.3. The molecule has 0 saturated carbocycles. The van der Waals surface area contributed by atoms with Crippen LogP contribution in [0.5, 0.6) is 0 Å². The zero-order valence-corrected chi connectivity index (χ0v) is 13.8. The van der Waals surface area contributed by atoms with Crippen LogP contribution in [-0.2, 0) is 9.59 Å². The van der Waals surface area contributed by atoms with E-state index in [9.17, 15) is 14.4 Å². The molecule has 7 heteroatoms. The number of nitrogens with zero attached hydrogens (tertiary/aromatic N) is 1. The molecule has 1 aromatic rings. The lowest BCUT2D eigenvalue weighted by molar-refractivity contribution is -0.127. The Kier molecular flexibility index (Phi) is 7.76. The van der Waals surface area contributed by atoms with Crippen LogP contribution in [0.15, 0.2) is 30.3 Å². The van der Waals surface area contributed by atoms with Crippen LogP contribution in [0.25, 0.3) is 0 Å². The molecule has 3 N–H and O–H groups in total. The monoisotopic (exact) mass is 320 g/mol. The lowest BCUT2D eigenvalue weighted by atomic mass is 10.0. The maximum atomic E-state index is 12.4. The van der Waals surface area contributed by atoms with Gasteiger partial charge in [0.25, 0.3) is 0 Å². The van der Waals surface area contributed by atoms with Gasteiger partial charge in [0.2, 0.25) is 11.8 Å². The summed E-state index contributed by atoms with van der Waals surface area (Å²) in [5.74, 6) is -0.649. The Hall–Kier alpha value is -2.41. The molecule has 0 aliphatic carbocycles. The highest BCUT2D eigenvalue weighted by molar-refractivity contribution is 5.97. The van der Waals surface area contributed by atoms with Crippen LogP contribution in [0.2, 0.25) is 0 Å².